The predicted octanol–water partition coefficient (Wildman–Crippen LogP) is 1.84. The number of benzene rings is 1. The van der Waals surface area contributed by atoms with E-state index >= 15 is 0 Å². The molecule has 0 radical (unpaired) electrons. The van der Waals surface area contributed by atoms with E-state index in [1.54, 1.807) is 31.2 Å². The van der Waals surface area contributed by atoms with Gasteiger partial charge in [-0.05, 0) is 25.1 Å². The Labute approximate surface area is 98.1 Å². The number of rotatable bonds is 2. The standard InChI is InChI=1S/C12H10N4O/c1-8-11(7-14-16-8)12(17)15-10-4-2-3-9(5-10)6-13/h2-5,7H,1H3,(H,14,16)(H,15,17). The van der Waals surface area contributed by atoms with Crippen LogP contribution in [0.3, 0.4) is 0 Å². The average Bonchev–Trinajstić information content (AvgIpc) is 2.76. The van der Waals surface area contributed by atoms with Crippen molar-refractivity contribution < 1.29 is 4.79 Å². The summed E-state index contributed by atoms with van der Waals surface area (Å²) < 4.78 is 0. The van der Waals surface area contributed by atoms with E-state index in [0.29, 0.717) is 22.5 Å². The Morgan fingerprint density at radius 3 is 3.00 bits per heavy atom. The van der Waals surface area contributed by atoms with Gasteiger partial charge in [-0.3, -0.25) is 9.89 Å². The third-order valence-corrected chi connectivity index (χ3v) is 2.32. The Morgan fingerprint density at radius 2 is 2.35 bits per heavy atom. The molecule has 2 N–H and O–H groups in total. The molecule has 0 atom stereocenters. The Kier molecular flexibility index (Phi) is 2.88. The maximum Gasteiger partial charge on any atom is 0.259 e. The Hall–Kier alpha value is -2.61. The molecule has 84 valence electrons. The molecule has 0 saturated heterocycles. The largest absolute Gasteiger partial charge is 0.322 e. The average molecular weight is 226 g/mol. The SMILES string of the molecule is Cc1[nH]ncc1C(=O)Nc1cccc(C#N)c1. The number of carbonyl (C=O) groups excluding carboxylic acids is 1. The first-order valence-electron chi connectivity index (χ1n) is 5.02. The molecular weight excluding hydrogens is 216 g/mol. The molecule has 17 heavy (non-hydrogen) atoms. The highest BCUT2D eigenvalue weighted by atomic mass is 16.1. The van der Waals surface area contributed by atoms with Gasteiger partial charge in [0, 0.05) is 11.4 Å². The highest BCUT2D eigenvalue weighted by Gasteiger charge is 2.10. The van der Waals surface area contributed by atoms with Crippen LogP contribution in [-0.4, -0.2) is 16.1 Å². The number of aromatic nitrogens is 2. The smallest absolute Gasteiger partial charge is 0.259 e. The quantitative estimate of drug-likeness (QED) is 0.819. The lowest BCUT2D eigenvalue weighted by molar-refractivity contribution is 0.102. The van der Waals surface area contributed by atoms with Gasteiger partial charge in [-0.15, -0.1) is 0 Å². The highest BCUT2D eigenvalue weighted by molar-refractivity contribution is 6.04. The summed E-state index contributed by atoms with van der Waals surface area (Å²) in [5.74, 6) is -0.244. The van der Waals surface area contributed by atoms with Crippen molar-refractivity contribution in [2.24, 2.45) is 0 Å². The fraction of sp³-hybridized carbons (Fsp3) is 0.0833. The number of hydrogen-bond acceptors (Lipinski definition) is 3. The minimum Gasteiger partial charge on any atom is -0.322 e. The van der Waals surface area contributed by atoms with Crippen LogP contribution in [0.5, 0.6) is 0 Å². The van der Waals surface area contributed by atoms with E-state index in [4.69, 9.17) is 5.26 Å². The van der Waals surface area contributed by atoms with Crippen LogP contribution < -0.4 is 5.32 Å². The van der Waals surface area contributed by atoms with E-state index in [1.807, 2.05) is 6.07 Å². The summed E-state index contributed by atoms with van der Waals surface area (Å²) in [4.78, 5) is 11.8. The van der Waals surface area contributed by atoms with Gasteiger partial charge >= 0.3 is 0 Å². The maximum atomic E-state index is 11.8. The van der Waals surface area contributed by atoms with Crippen LogP contribution in [0.2, 0.25) is 0 Å². The third kappa shape index (κ3) is 2.32. The first-order valence-corrected chi connectivity index (χ1v) is 5.02. The molecule has 2 rings (SSSR count). The summed E-state index contributed by atoms with van der Waals surface area (Å²) in [7, 11) is 0. The number of anilines is 1. The van der Waals surface area contributed by atoms with Crippen molar-refractivity contribution in [3.63, 3.8) is 0 Å². The molecule has 1 heterocycles. The van der Waals surface area contributed by atoms with Crippen LogP contribution in [0.25, 0.3) is 0 Å². The summed E-state index contributed by atoms with van der Waals surface area (Å²) in [5, 5.41) is 17.9. The lowest BCUT2D eigenvalue weighted by Crippen LogP contribution is -2.12. The van der Waals surface area contributed by atoms with Crippen LogP contribution in [0.1, 0.15) is 21.6 Å². The van der Waals surface area contributed by atoms with Crippen molar-refractivity contribution in [1.82, 2.24) is 10.2 Å². The van der Waals surface area contributed by atoms with Gasteiger partial charge in [0.15, 0.2) is 0 Å². The molecule has 0 unspecified atom stereocenters. The summed E-state index contributed by atoms with van der Waals surface area (Å²) in [6.45, 7) is 1.77. The summed E-state index contributed by atoms with van der Waals surface area (Å²) in [6, 6.07) is 8.76. The molecule has 0 saturated carbocycles. The number of hydrogen-bond donors (Lipinski definition) is 2. The van der Waals surface area contributed by atoms with Gasteiger partial charge in [0.2, 0.25) is 0 Å². The van der Waals surface area contributed by atoms with E-state index in [0.717, 1.165) is 0 Å². The number of nitriles is 1. The van der Waals surface area contributed by atoms with Gasteiger partial charge in [0.1, 0.15) is 0 Å². The van der Waals surface area contributed by atoms with Crippen LogP contribution in [0.4, 0.5) is 5.69 Å². The number of amides is 1. The molecule has 0 aliphatic rings. The lowest BCUT2D eigenvalue weighted by Gasteiger charge is -2.04. The van der Waals surface area contributed by atoms with Gasteiger partial charge in [0.25, 0.3) is 5.91 Å². The number of nitrogens with one attached hydrogen (secondary N) is 2. The van der Waals surface area contributed by atoms with Gasteiger partial charge in [0.05, 0.1) is 23.4 Å². The summed E-state index contributed by atoms with van der Waals surface area (Å²) in [6.07, 6.45) is 1.47. The van der Waals surface area contributed by atoms with Crippen LogP contribution in [-0.2, 0) is 0 Å². The minimum atomic E-state index is -0.244. The second-order valence-electron chi connectivity index (χ2n) is 3.56. The Balaban J connectivity index is 2.19. The van der Waals surface area contributed by atoms with Crippen molar-refractivity contribution in [3.8, 4) is 6.07 Å². The molecule has 1 aromatic carbocycles. The van der Waals surface area contributed by atoms with E-state index < -0.39 is 0 Å². The minimum absolute atomic E-state index is 0.244. The van der Waals surface area contributed by atoms with E-state index in [9.17, 15) is 4.79 Å². The second kappa shape index (κ2) is 4.49. The van der Waals surface area contributed by atoms with Gasteiger partial charge in [-0.25, -0.2) is 0 Å². The topological polar surface area (TPSA) is 81.6 Å². The predicted molar refractivity (Wildman–Crippen MR) is 62.4 cm³/mol. The zero-order valence-electron chi connectivity index (χ0n) is 9.19. The third-order valence-electron chi connectivity index (χ3n) is 2.32. The number of aromatic amines is 1. The molecule has 0 spiro atoms. The normalized spacial score (nSPS) is 9.65. The van der Waals surface area contributed by atoms with E-state index in [-0.39, 0.29) is 5.91 Å². The van der Waals surface area contributed by atoms with Crippen molar-refractivity contribution >= 4 is 11.6 Å². The molecule has 0 bridgehead atoms. The van der Waals surface area contributed by atoms with Gasteiger partial charge < -0.3 is 5.32 Å². The first-order chi connectivity index (χ1) is 8.20. The van der Waals surface area contributed by atoms with E-state index in [1.165, 1.54) is 6.20 Å². The molecular formula is C12H10N4O. The monoisotopic (exact) mass is 226 g/mol. The van der Waals surface area contributed by atoms with Crippen molar-refractivity contribution in [3.05, 3.63) is 47.3 Å². The number of nitrogens with zero attached hydrogens (tertiary/aromatic N) is 2. The van der Waals surface area contributed by atoms with E-state index in [2.05, 4.69) is 15.5 Å². The second-order valence-corrected chi connectivity index (χ2v) is 3.56. The number of H-pyrrole nitrogens is 1. The Morgan fingerprint density at radius 1 is 1.53 bits per heavy atom. The molecule has 1 aromatic heterocycles. The fourth-order valence-electron chi connectivity index (χ4n) is 1.44. The van der Waals surface area contributed by atoms with Crippen molar-refractivity contribution in [2.75, 3.05) is 5.32 Å². The lowest BCUT2D eigenvalue weighted by atomic mass is 10.2. The number of aryl methyl sites for hydroxylation is 1. The van der Waals surface area contributed by atoms with Crippen LogP contribution >= 0.6 is 0 Å². The molecule has 1 amide bonds. The number of carbonyl (C=O) groups is 1. The Bertz CT molecular complexity index is 595. The molecule has 5 nitrogen and oxygen atoms in total. The van der Waals surface area contributed by atoms with Gasteiger partial charge in [-0.2, -0.15) is 10.4 Å². The summed E-state index contributed by atoms with van der Waals surface area (Å²) >= 11 is 0. The maximum absolute atomic E-state index is 11.8. The molecule has 2 aromatic rings. The van der Waals surface area contributed by atoms with Crippen molar-refractivity contribution in [1.29, 1.82) is 5.26 Å². The summed E-state index contributed by atoms with van der Waals surface area (Å²) in [5.41, 5.74) is 2.30. The zero-order chi connectivity index (χ0) is 12.3. The molecule has 0 aliphatic carbocycles. The zero-order valence-corrected chi connectivity index (χ0v) is 9.19. The van der Waals surface area contributed by atoms with Crippen molar-refractivity contribution in [2.45, 2.75) is 6.92 Å². The van der Waals surface area contributed by atoms with Crippen LogP contribution in [0.15, 0.2) is 30.5 Å². The molecule has 0 fully saturated rings. The molecule has 5 heteroatoms. The van der Waals surface area contributed by atoms with Gasteiger partial charge in [-0.1, -0.05) is 6.07 Å². The highest BCUT2D eigenvalue weighted by Crippen LogP contribution is 2.12. The first kappa shape index (κ1) is 10.9. The fourth-order valence-corrected chi connectivity index (χ4v) is 1.44. The van der Waals surface area contributed by atoms with Crippen LogP contribution in [0, 0.1) is 18.3 Å². The molecule has 0 aliphatic heterocycles.